The maximum Gasteiger partial charge on any atom is 0.412 e. The predicted octanol–water partition coefficient (Wildman–Crippen LogP) is 0.849. The van der Waals surface area contributed by atoms with Crippen LogP contribution >= 0.6 is 0 Å². The van der Waals surface area contributed by atoms with E-state index in [2.05, 4.69) is 15.0 Å². The SMILES string of the molecule is CC(NC(=O)OCOC(=O)N(C)CCc1ccccn1)C(=O)O. The van der Waals surface area contributed by atoms with Crippen molar-refractivity contribution < 1.29 is 29.0 Å². The number of alkyl carbamates (subject to hydrolysis) is 1. The minimum absolute atomic E-state index is 0.387. The summed E-state index contributed by atoms with van der Waals surface area (Å²) in [7, 11) is 1.54. The Morgan fingerprint density at radius 2 is 2.09 bits per heavy atom. The van der Waals surface area contributed by atoms with Gasteiger partial charge in [-0.1, -0.05) is 6.07 Å². The van der Waals surface area contributed by atoms with Crippen molar-refractivity contribution in [1.29, 1.82) is 0 Å². The maximum absolute atomic E-state index is 11.7. The molecular weight excluding hydrogens is 306 g/mol. The van der Waals surface area contributed by atoms with Gasteiger partial charge in [0.15, 0.2) is 0 Å². The van der Waals surface area contributed by atoms with Gasteiger partial charge in [-0.05, 0) is 19.1 Å². The lowest BCUT2D eigenvalue weighted by Crippen LogP contribution is -2.39. The number of nitrogens with one attached hydrogen (secondary N) is 1. The summed E-state index contributed by atoms with van der Waals surface area (Å²) in [6.07, 6.45) is 0.575. The summed E-state index contributed by atoms with van der Waals surface area (Å²) in [5.74, 6) is -1.20. The minimum atomic E-state index is -1.20. The molecule has 0 bridgehead atoms. The molecule has 0 spiro atoms. The van der Waals surface area contributed by atoms with Crippen LogP contribution in [-0.2, 0) is 20.7 Å². The second-order valence-electron chi connectivity index (χ2n) is 4.66. The Morgan fingerprint density at radius 1 is 1.35 bits per heavy atom. The Labute approximate surface area is 133 Å². The molecule has 23 heavy (non-hydrogen) atoms. The number of hydrogen-bond acceptors (Lipinski definition) is 6. The molecule has 9 heteroatoms. The van der Waals surface area contributed by atoms with Gasteiger partial charge >= 0.3 is 18.2 Å². The highest BCUT2D eigenvalue weighted by molar-refractivity contribution is 5.79. The van der Waals surface area contributed by atoms with E-state index in [1.807, 2.05) is 12.1 Å². The number of likely N-dealkylation sites (N-methyl/N-ethyl adjacent to an activating group) is 1. The highest BCUT2D eigenvalue weighted by Crippen LogP contribution is 1.98. The average Bonchev–Trinajstić information content (AvgIpc) is 2.53. The third-order valence-corrected chi connectivity index (χ3v) is 2.82. The van der Waals surface area contributed by atoms with E-state index in [9.17, 15) is 14.4 Å². The average molecular weight is 325 g/mol. The number of aliphatic carboxylic acids is 1. The van der Waals surface area contributed by atoms with Gasteiger partial charge in [0.1, 0.15) is 6.04 Å². The van der Waals surface area contributed by atoms with Crippen LogP contribution in [0.5, 0.6) is 0 Å². The number of carbonyl (C=O) groups is 3. The molecule has 1 atom stereocenters. The van der Waals surface area contributed by atoms with Crippen LogP contribution in [0, 0.1) is 0 Å². The lowest BCUT2D eigenvalue weighted by Gasteiger charge is -2.17. The van der Waals surface area contributed by atoms with Crippen molar-refractivity contribution in [2.45, 2.75) is 19.4 Å². The Balaban J connectivity index is 2.22. The molecule has 0 aliphatic heterocycles. The molecule has 0 radical (unpaired) electrons. The number of aromatic nitrogens is 1. The fourth-order valence-corrected chi connectivity index (χ4v) is 1.44. The van der Waals surface area contributed by atoms with E-state index in [0.29, 0.717) is 13.0 Å². The van der Waals surface area contributed by atoms with Crippen LogP contribution in [0.4, 0.5) is 9.59 Å². The lowest BCUT2D eigenvalue weighted by molar-refractivity contribution is -0.138. The Hall–Kier alpha value is -2.84. The number of amides is 2. The topological polar surface area (TPSA) is 118 Å². The molecule has 0 aliphatic rings. The Bertz CT molecular complexity index is 537. The van der Waals surface area contributed by atoms with Gasteiger partial charge in [-0.25, -0.2) is 9.59 Å². The van der Waals surface area contributed by atoms with Crippen LogP contribution < -0.4 is 5.32 Å². The molecule has 0 aliphatic carbocycles. The summed E-state index contributed by atoms with van der Waals surface area (Å²) >= 11 is 0. The number of rotatable bonds is 7. The Kier molecular flexibility index (Phi) is 7.31. The van der Waals surface area contributed by atoms with Gasteiger partial charge in [0.2, 0.25) is 6.79 Å². The first-order valence-corrected chi connectivity index (χ1v) is 6.84. The smallest absolute Gasteiger partial charge is 0.412 e. The first-order chi connectivity index (χ1) is 10.9. The summed E-state index contributed by atoms with van der Waals surface area (Å²) in [4.78, 5) is 38.8. The third kappa shape index (κ3) is 7.11. The first-order valence-electron chi connectivity index (χ1n) is 6.84. The number of carboxylic acids is 1. The van der Waals surface area contributed by atoms with Crippen LogP contribution in [0.15, 0.2) is 24.4 Å². The molecule has 1 aromatic heterocycles. The fraction of sp³-hybridized carbons (Fsp3) is 0.429. The normalized spacial score (nSPS) is 11.2. The van der Waals surface area contributed by atoms with Crippen molar-refractivity contribution in [3.05, 3.63) is 30.1 Å². The molecule has 0 aromatic carbocycles. The van der Waals surface area contributed by atoms with Gasteiger partial charge in [0.25, 0.3) is 0 Å². The number of carboxylic acid groups (broad SMARTS) is 1. The van der Waals surface area contributed by atoms with E-state index in [1.165, 1.54) is 18.9 Å². The maximum atomic E-state index is 11.7. The zero-order chi connectivity index (χ0) is 17.2. The van der Waals surface area contributed by atoms with Crippen molar-refractivity contribution in [1.82, 2.24) is 15.2 Å². The van der Waals surface area contributed by atoms with Gasteiger partial charge in [-0.15, -0.1) is 0 Å². The standard InChI is InChI=1S/C14H19N3O6/c1-10(12(18)19)16-13(20)22-9-23-14(21)17(2)8-6-11-5-3-4-7-15-11/h3-5,7,10H,6,8-9H2,1-2H3,(H,16,20)(H,18,19). The monoisotopic (exact) mass is 325 g/mol. The molecule has 9 nitrogen and oxygen atoms in total. The number of hydrogen-bond donors (Lipinski definition) is 2. The molecule has 2 amide bonds. The van der Waals surface area contributed by atoms with Crippen LogP contribution in [0.25, 0.3) is 0 Å². The molecule has 1 unspecified atom stereocenters. The first kappa shape index (κ1) is 18.2. The molecule has 0 saturated carbocycles. The molecule has 0 fully saturated rings. The van der Waals surface area contributed by atoms with Crippen molar-refractivity contribution in [3.63, 3.8) is 0 Å². The lowest BCUT2D eigenvalue weighted by atomic mass is 10.2. The zero-order valence-electron chi connectivity index (χ0n) is 12.9. The number of nitrogens with zero attached hydrogens (tertiary/aromatic N) is 2. The van der Waals surface area contributed by atoms with E-state index >= 15 is 0 Å². The van der Waals surface area contributed by atoms with Crippen LogP contribution in [0.3, 0.4) is 0 Å². The van der Waals surface area contributed by atoms with E-state index < -0.39 is 31.0 Å². The molecular formula is C14H19N3O6. The number of ether oxygens (including phenoxy) is 2. The largest absolute Gasteiger partial charge is 0.480 e. The molecule has 1 aromatic rings. The molecule has 1 heterocycles. The van der Waals surface area contributed by atoms with Crippen LogP contribution in [0.1, 0.15) is 12.6 Å². The summed E-state index contributed by atoms with van der Waals surface area (Å²) < 4.78 is 9.29. The predicted molar refractivity (Wildman–Crippen MR) is 78.6 cm³/mol. The van der Waals surface area contributed by atoms with Crippen LogP contribution in [0.2, 0.25) is 0 Å². The van der Waals surface area contributed by atoms with Crippen molar-refractivity contribution >= 4 is 18.2 Å². The highest BCUT2D eigenvalue weighted by atomic mass is 16.7. The summed E-state index contributed by atoms with van der Waals surface area (Å²) in [5.41, 5.74) is 0.838. The molecule has 1 rings (SSSR count). The van der Waals surface area contributed by atoms with E-state index in [0.717, 1.165) is 5.69 Å². The van der Waals surface area contributed by atoms with E-state index in [-0.39, 0.29) is 0 Å². The summed E-state index contributed by atoms with van der Waals surface area (Å²) in [5, 5.41) is 10.7. The fourth-order valence-electron chi connectivity index (χ4n) is 1.44. The zero-order valence-corrected chi connectivity index (χ0v) is 12.9. The van der Waals surface area contributed by atoms with Crippen molar-refractivity contribution in [3.8, 4) is 0 Å². The van der Waals surface area contributed by atoms with Crippen molar-refractivity contribution in [2.24, 2.45) is 0 Å². The second-order valence-corrected chi connectivity index (χ2v) is 4.66. The van der Waals surface area contributed by atoms with Gasteiger partial charge < -0.3 is 24.8 Å². The van der Waals surface area contributed by atoms with Crippen molar-refractivity contribution in [2.75, 3.05) is 20.4 Å². The third-order valence-electron chi connectivity index (χ3n) is 2.82. The number of pyridine rings is 1. The van der Waals surface area contributed by atoms with Gasteiger partial charge in [-0.2, -0.15) is 0 Å². The van der Waals surface area contributed by atoms with Gasteiger partial charge in [0.05, 0.1) is 0 Å². The second kappa shape index (κ2) is 9.23. The van der Waals surface area contributed by atoms with Gasteiger partial charge in [0, 0.05) is 31.9 Å². The molecule has 0 saturated heterocycles. The number of carbonyl (C=O) groups excluding carboxylic acids is 2. The Morgan fingerprint density at radius 3 is 2.70 bits per heavy atom. The van der Waals surface area contributed by atoms with Gasteiger partial charge in [-0.3, -0.25) is 9.78 Å². The highest BCUT2D eigenvalue weighted by Gasteiger charge is 2.16. The van der Waals surface area contributed by atoms with E-state index in [1.54, 1.807) is 12.3 Å². The molecule has 2 N–H and O–H groups in total. The summed E-state index contributed by atoms with van der Waals surface area (Å²) in [6, 6.07) is 4.40. The van der Waals surface area contributed by atoms with E-state index in [4.69, 9.17) is 9.84 Å². The summed E-state index contributed by atoms with van der Waals surface area (Å²) in [6.45, 7) is 1.06. The van der Waals surface area contributed by atoms with Crippen LogP contribution in [-0.4, -0.2) is 59.6 Å². The quantitative estimate of drug-likeness (QED) is 0.713. The minimum Gasteiger partial charge on any atom is -0.480 e. The molecule has 126 valence electrons.